The number of rotatable bonds is 8. The van der Waals surface area contributed by atoms with Gasteiger partial charge in [-0.05, 0) is 53.6 Å². The summed E-state index contributed by atoms with van der Waals surface area (Å²) in [7, 11) is 0. The molecule has 0 unspecified atom stereocenters. The summed E-state index contributed by atoms with van der Waals surface area (Å²) in [5.74, 6) is -1.74. The summed E-state index contributed by atoms with van der Waals surface area (Å²) in [4.78, 5) is 26.9. The van der Waals surface area contributed by atoms with Crippen LogP contribution < -0.4 is 5.32 Å². The van der Waals surface area contributed by atoms with Crippen LogP contribution in [0, 0.1) is 5.82 Å². The van der Waals surface area contributed by atoms with Crippen molar-refractivity contribution in [2.24, 2.45) is 0 Å². The summed E-state index contributed by atoms with van der Waals surface area (Å²) < 4.78 is 15.2. The molecule has 0 radical (unpaired) electrons. The number of hydrogen-bond donors (Lipinski definition) is 2. The third kappa shape index (κ3) is 6.19. The van der Waals surface area contributed by atoms with Crippen LogP contribution in [-0.4, -0.2) is 28.4 Å². The first-order chi connectivity index (χ1) is 17.1. The predicted molar refractivity (Wildman–Crippen MR) is 140 cm³/mol. The highest BCUT2D eigenvalue weighted by Gasteiger charge is 2.29. The molecule has 1 fully saturated rings. The number of carbonyl (C=O) groups is 2. The summed E-state index contributed by atoms with van der Waals surface area (Å²) in [6.45, 7) is 1.14. The molecule has 0 bridgehead atoms. The third-order valence-corrected chi connectivity index (χ3v) is 6.85. The molecule has 0 heterocycles. The van der Waals surface area contributed by atoms with Gasteiger partial charge in [-0.25, -0.2) is 4.39 Å². The van der Waals surface area contributed by atoms with Crippen LogP contribution in [0.5, 0.6) is 0 Å². The standard InChI is InChI=1S/C27H24Cl3FN2O3/c1-15(34)32-26-22(30)12-21(29)25(31)24(26)27(36)33(14-23(35)19-8-10-20(28)11-9-19)13-16-2-4-17(5-3-16)18-6-7-18/h2-5,8-12,18,23,35H,6-7,13-14H2,1H3,(H,32,34)/t23-/m1/s1. The molecule has 0 aliphatic heterocycles. The highest BCUT2D eigenvalue weighted by atomic mass is 35.5. The Morgan fingerprint density at radius 1 is 1.06 bits per heavy atom. The minimum absolute atomic E-state index is 0.0769. The summed E-state index contributed by atoms with van der Waals surface area (Å²) in [5, 5.41) is 13.4. The number of benzene rings is 3. The molecule has 3 aromatic rings. The summed E-state index contributed by atoms with van der Waals surface area (Å²) >= 11 is 18.2. The smallest absolute Gasteiger partial charge is 0.259 e. The average molecular weight is 550 g/mol. The maximum Gasteiger partial charge on any atom is 0.259 e. The van der Waals surface area contributed by atoms with Crippen LogP contribution in [0.15, 0.2) is 54.6 Å². The van der Waals surface area contributed by atoms with Crippen molar-refractivity contribution in [3.8, 4) is 0 Å². The first-order valence-electron chi connectivity index (χ1n) is 11.4. The average Bonchev–Trinajstić information content (AvgIpc) is 3.68. The molecule has 1 atom stereocenters. The highest BCUT2D eigenvalue weighted by molar-refractivity contribution is 6.38. The molecule has 36 heavy (non-hydrogen) atoms. The van der Waals surface area contributed by atoms with Crippen molar-refractivity contribution < 1.29 is 19.1 Å². The van der Waals surface area contributed by atoms with Crippen LogP contribution in [-0.2, 0) is 11.3 Å². The number of hydrogen-bond acceptors (Lipinski definition) is 3. The fourth-order valence-electron chi connectivity index (χ4n) is 4.00. The molecule has 1 aliphatic carbocycles. The molecule has 5 nitrogen and oxygen atoms in total. The van der Waals surface area contributed by atoms with E-state index in [1.54, 1.807) is 24.3 Å². The molecule has 188 valence electrons. The van der Waals surface area contributed by atoms with Gasteiger partial charge < -0.3 is 15.3 Å². The topological polar surface area (TPSA) is 69.6 Å². The molecule has 2 N–H and O–H groups in total. The number of nitrogens with zero attached hydrogens (tertiary/aromatic N) is 1. The van der Waals surface area contributed by atoms with E-state index in [4.69, 9.17) is 34.8 Å². The van der Waals surface area contributed by atoms with E-state index in [1.807, 2.05) is 24.3 Å². The van der Waals surface area contributed by atoms with E-state index in [0.29, 0.717) is 16.5 Å². The molecular weight excluding hydrogens is 526 g/mol. The van der Waals surface area contributed by atoms with Crippen LogP contribution in [0.25, 0.3) is 0 Å². The Morgan fingerprint density at radius 2 is 1.69 bits per heavy atom. The van der Waals surface area contributed by atoms with Crippen LogP contribution in [0.2, 0.25) is 15.1 Å². The van der Waals surface area contributed by atoms with Crippen molar-refractivity contribution in [3.05, 3.63) is 97.7 Å². The van der Waals surface area contributed by atoms with E-state index in [-0.39, 0.29) is 28.8 Å². The van der Waals surface area contributed by atoms with Crippen molar-refractivity contribution in [3.63, 3.8) is 0 Å². The van der Waals surface area contributed by atoms with Crippen LogP contribution in [0.3, 0.4) is 0 Å². The number of aliphatic hydroxyl groups excluding tert-OH is 1. The van der Waals surface area contributed by atoms with E-state index in [2.05, 4.69) is 5.32 Å². The quantitative estimate of drug-likeness (QED) is 0.297. The van der Waals surface area contributed by atoms with Crippen LogP contribution in [0.4, 0.5) is 10.1 Å². The molecule has 9 heteroatoms. The van der Waals surface area contributed by atoms with E-state index in [1.165, 1.54) is 17.4 Å². The number of nitrogens with one attached hydrogen (secondary N) is 1. The van der Waals surface area contributed by atoms with E-state index in [0.717, 1.165) is 24.5 Å². The van der Waals surface area contributed by atoms with Gasteiger partial charge in [0.05, 0.1) is 28.4 Å². The molecule has 2 amide bonds. The molecule has 4 rings (SSSR count). The summed E-state index contributed by atoms with van der Waals surface area (Å²) in [6.07, 6.45) is 1.24. The number of halogens is 4. The second kappa shape index (κ2) is 11.2. The fourth-order valence-corrected chi connectivity index (χ4v) is 4.64. The van der Waals surface area contributed by atoms with E-state index < -0.39 is 29.3 Å². The predicted octanol–water partition coefficient (Wildman–Crippen LogP) is 7.00. The van der Waals surface area contributed by atoms with E-state index >= 15 is 4.39 Å². The molecule has 1 aliphatic rings. The SMILES string of the molecule is CC(=O)Nc1c(Cl)cc(Cl)c(F)c1C(=O)N(Cc1ccc(C2CC2)cc1)C[C@@H](O)c1ccc(Cl)cc1. The van der Waals surface area contributed by atoms with Gasteiger partial charge >= 0.3 is 0 Å². The van der Waals surface area contributed by atoms with Crippen molar-refractivity contribution >= 4 is 52.3 Å². The zero-order chi connectivity index (χ0) is 26.0. The maximum absolute atomic E-state index is 15.2. The lowest BCUT2D eigenvalue weighted by Crippen LogP contribution is -2.35. The lowest BCUT2D eigenvalue weighted by molar-refractivity contribution is -0.114. The number of carbonyl (C=O) groups excluding carboxylic acids is 2. The van der Waals surface area contributed by atoms with Crippen molar-refractivity contribution in [1.29, 1.82) is 0 Å². The maximum atomic E-state index is 15.2. The Bertz CT molecular complexity index is 1280. The van der Waals surface area contributed by atoms with Crippen molar-refractivity contribution in [2.45, 2.75) is 38.3 Å². The van der Waals surface area contributed by atoms with Crippen molar-refractivity contribution in [1.82, 2.24) is 4.90 Å². The minimum Gasteiger partial charge on any atom is -0.387 e. The number of aliphatic hydroxyl groups is 1. The van der Waals surface area contributed by atoms with Gasteiger partial charge in [0, 0.05) is 18.5 Å². The van der Waals surface area contributed by atoms with E-state index in [9.17, 15) is 14.7 Å². The molecule has 0 saturated heterocycles. The molecule has 0 aromatic heterocycles. The van der Waals surface area contributed by atoms with Gasteiger partial charge in [-0.2, -0.15) is 0 Å². The third-order valence-electron chi connectivity index (χ3n) is 6.02. The monoisotopic (exact) mass is 548 g/mol. The van der Waals surface area contributed by atoms with Gasteiger partial charge in [0.2, 0.25) is 5.91 Å². The van der Waals surface area contributed by atoms with Crippen LogP contribution >= 0.6 is 34.8 Å². The molecule has 3 aromatic carbocycles. The number of anilines is 1. The Balaban J connectivity index is 1.70. The van der Waals surface area contributed by atoms with Gasteiger partial charge in [-0.1, -0.05) is 71.2 Å². The van der Waals surface area contributed by atoms with Crippen LogP contribution in [0.1, 0.15) is 58.8 Å². The lowest BCUT2D eigenvalue weighted by Gasteiger charge is -2.27. The highest BCUT2D eigenvalue weighted by Crippen LogP contribution is 2.40. The zero-order valence-corrected chi connectivity index (χ0v) is 21.7. The summed E-state index contributed by atoms with van der Waals surface area (Å²) in [6, 6.07) is 15.6. The Morgan fingerprint density at radius 3 is 2.28 bits per heavy atom. The zero-order valence-electron chi connectivity index (χ0n) is 19.4. The Hall–Kier alpha value is -2.64. The largest absolute Gasteiger partial charge is 0.387 e. The van der Waals surface area contributed by atoms with Crippen molar-refractivity contribution in [2.75, 3.05) is 11.9 Å². The normalized spacial score (nSPS) is 13.8. The first kappa shape index (κ1) is 26.4. The fraction of sp³-hybridized carbons (Fsp3) is 0.259. The van der Waals surface area contributed by atoms with Gasteiger partial charge in [0.15, 0.2) is 5.82 Å². The van der Waals surface area contributed by atoms with Gasteiger partial charge in [0.1, 0.15) is 5.56 Å². The number of amides is 2. The summed E-state index contributed by atoms with van der Waals surface area (Å²) in [5.41, 5.74) is 1.92. The molecule has 0 spiro atoms. The molecular formula is C27H24Cl3FN2O3. The van der Waals surface area contributed by atoms with Gasteiger partial charge in [-0.15, -0.1) is 0 Å². The van der Waals surface area contributed by atoms with Gasteiger partial charge in [0.25, 0.3) is 5.91 Å². The minimum atomic E-state index is -1.08. The second-order valence-corrected chi connectivity index (χ2v) is 10.1. The molecule has 1 saturated carbocycles. The lowest BCUT2D eigenvalue weighted by atomic mass is 10.0. The Labute approximate surface area is 223 Å². The Kier molecular flexibility index (Phi) is 8.20. The second-order valence-electron chi connectivity index (χ2n) is 8.85. The van der Waals surface area contributed by atoms with Gasteiger partial charge in [-0.3, -0.25) is 9.59 Å². The first-order valence-corrected chi connectivity index (χ1v) is 12.5.